The molecule has 0 fully saturated rings. The number of nitrogens with zero attached hydrogens (tertiary/aromatic N) is 2. The first-order valence-electron chi connectivity index (χ1n) is 12.4. The predicted octanol–water partition coefficient (Wildman–Crippen LogP) is 7.99. The number of nitrogens with one attached hydrogen (secondary N) is 1. The standard InChI is InChI=1S/C17H19ClN2O3S.C12H11ClN2OS/c1-10-6-5-7-12(18)11(10)8-13(21)14-9-19-15(24-14)20-16(22)23-17(2,3)4;1-7-3-2-4-9(13)8(7)5-10(16)11-6-15-12(14)17-11/h5-7,9H,8H2,1-4H3,(H,19,20,22);2-4,6H,5H2,1H3,(H2,14,15). The summed E-state index contributed by atoms with van der Waals surface area (Å²) in [6.07, 6.45) is 2.84. The van der Waals surface area contributed by atoms with Crippen LogP contribution in [0.5, 0.6) is 0 Å². The fourth-order valence-corrected chi connectivity index (χ4v) is 5.48. The maximum Gasteiger partial charge on any atom is 0.413 e. The first-order valence-corrected chi connectivity index (χ1v) is 14.8. The van der Waals surface area contributed by atoms with Crippen LogP contribution in [0.25, 0.3) is 0 Å². The van der Waals surface area contributed by atoms with Crippen LogP contribution in [0.2, 0.25) is 10.0 Å². The van der Waals surface area contributed by atoms with Crippen molar-refractivity contribution in [2.75, 3.05) is 11.1 Å². The lowest BCUT2D eigenvalue weighted by Crippen LogP contribution is -2.27. The van der Waals surface area contributed by atoms with Crippen LogP contribution in [0.4, 0.5) is 15.1 Å². The van der Waals surface area contributed by atoms with E-state index in [1.165, 1.54) is 23.7 Å². The highest BCUT2D eigenvalue weighted by Gasteiger charge is 2.19. The number of nitrogens with two attached hydrogens (primary N) is 1. The number of aryl methyl sites for hydroxylation is 2. The molecule has 0 aliphatic heterocycles. The minimum Gasteiger partial charge on any atom is -0.444 e. The Morgan fingerprint density at radius 2 is 1.34 bits per heavy atom. The van der Waals surface area contributed by atoms with Crippen molar-refractivity contribution in [3.8, 4) is 0 Å². The number of nitrogen functional groups attached to an aromatic ring is 1. The molecule has 2 aromatic carbocycles. The summed E-state index contributed by atoms with van der Waals surface area (Å²) in [6, 6.07) is 11.1. The molecule has 0 unspecified atom stereocenters. The SMILES string of the molecule is Cc1cccc(Cl)c1CC(=O)c1cnc(N)s1.Cc1cccc(Cl)c1CC(=O)c1cnc(NC(=O)OC(C)(C)C)s1. The number of anilines is 2. The Balaban J connectivity index is 0.000000239. The van der Waals surface area contributed by atoms with Gasteiger partial charge in [-0.3, -0.25) is 14.9 Å². The molecule has 8 nitrogen and oxygen atoms in total. The lowest BCUT2D eigenvalue weighted by Gasteiger charge is -2.18. The van der Waals surface area contributed by atoms with Gasteiger partial charge < -0.3 is 10.5 Å². The molecular formula is C29H30Cl2N4O4S2. The highest BCUT2D eigenvalue weighted by molar-refractivity contribution is 7.17. The second-order valence-electron chi connectivity index (χ2n) is 9.99. The summed E-state index contributed by atoms with van der Waals surface area (Å²) in [6.45, 7) is 9.17. The quantitative estimate of drug-likeness (QED) is 0.198. The van der Waals surface area contributed by atoms with Crippen molar-refractivity contribution in [2.45, 2.75) is 53.1 Å². The van der Waals surface area contributed by atoms with E-state index in [1.54, 1.807) is 32.9 Å². The number of Topliss-reactive ketones (excluding diaryl/α,β-unsaturated/α-hetero) is 2. The predicted molar refractivity (Wildman–Crippen MR) is 167 cm³/mol. The molecule has 0 spiro atoms. The molecular weight excluding hydrogens is 603 g/mol. The third kappa shape index (κ3) is 9.64. The Hall–Kier alpha value is -3.31. The Kier molecular flexibility index (Phi) is 11.0. The molecule has 41 heavy (non-hydrogen) atoms. The van der Waals surface area contributed by atoms with Gasteiger partial charge >= 0.3 is 6.09 Å². The van der Waals surface area contributed by atoms with Crippen molar-refractivity contribution in [3.05, 3.63) is 90.8 Å². The highest BCUT2D eigenvalue weighted by Crippen LogP contribution is 2.26. The van der Waals surface area contributed by atoms with Gasteiger partial charge in [-0.05, 0) is 69.0 Å². The molecule has 0 aliphatic rings. The molecule has 4 aromatic rings. The molecule has 0 saturated heterocycles. The van der Waals surface area contributed by atoms with Crippen molar-refractivity contribution in [2.24, 2.45) is 0 Å². The number of aromatic nitrogens is 2. The Bertz CT molecular complexity index is 1520. The van der Waals surface area contributed by atoms with Gasteiger partial charge in [0.1, 0.15) is 5.60 Å². The molecule has 0 aliphatic carbocycles. The normalized spacial score (nSPS) is 10.9. The third-order valence-corrected chi connectivity index (χ3v) is 8.10. The van der Waals surface area contributed by atoms with Gasteiger partial charge in [0.25, 0.3) is 0 Å². The Morgan fingerprint density at radius 1 is 0.854 bits per heavy atom. The summed E-state index contributed by atoms with van der Waals surface area (Å²) in [7, 11) is 0. The van der Waals surface area contributed by atoms with Gasteiger partial charge in [-0.2, -0.15) is 0 Å². The molecule has 2 aromatic heterocycles. The summed E-state index contributed by atoms with van der Waals surface area (Å²) in [5.74, 6) is -0.101. The van der Waals surface area contributed by atoms with Crippen molar-refractivity contribution in [1.29, 1.82) is 0 Å². The van der Waals surface area contributed by atoms with Crippen LogP contribution >= 0.6 is 45.9 Å². The highest BCUT2D eigenvalue weighted by atomic mass is 35.5. The number of benzene rings is 2. The molecule has 216 valence electrons. The fraction of sp³-hybridized carbons (Fsp3) is 0.276. The van der Waals surface area contributed by atoms with Gasteiger partial charge in [-0.15, -0.1) is 0 Å². The van der Waals surface area contributed by atoms with Crippen LogP contribution in [0.1, 0.15) is 62.4 Å². The minimum absolute atomic E-state index is 0.00426. The topological polar surface area (TPSA) is 124 Å². The zero-order valence-electron chi connectivity index (χ0n) is 23.2. The van der Waals surface area contributed by atoms with E-state index in [9.17, 15) is 14.4 Å². The van der Waals surface area contributed by atoms with E-state index in [2.05, 4.69) is 15.3 Å². The summed E-state index contributed by atoms with van der Waals surface area (Å²) in [4.78, 5) is 45.1. The van der Waals surface area contributed by atoms with Crippen molar-refractivity contribution < 1.29 is 19.1 Å². The van der Waals surface area contributed by atoms with E-state index in [0.29, 0.717) is 30.1 Å². The lowest BCUT2D eigenvalue weighted by molar-refractivity contribution is 0.0635. The van der Waals surface area contributed by atoms with E-state index in [4.69, 9.17) is 33.7 Å². The number of halogens is 2. The van der Waals surface area contributed by atoms with Gasteiger partial charge in [-0.25, -0.2) is 14.8 Å². The number of amides is 1. The van der Waals surface area contributed by atoms with Gasteiger partial charge in [0.15, 0.2) is 21.8 Å². The summed E-state index contributed by atoms with van der Waals surface area (Å²) in [5, 5.41) is 4.45. The number of rotatable bonds is 7. The van der Waals surface area contributed by atoms with E-state index in [-0.39, 0.29) is 24.4 Å². The van der Waals surface area contributed by atoms with Gasteiger partial charge in [0, 0.05) is 22.9 Å². The number of ketones is 2. The molecule has 2 heterocycles. The Labute approximate surface area is 256 Å². The second kappa shape index (κ2) is 14.0. The van der Waals surface area contributed by atoms with Crippen LogP contribution in [0, 0.1) is 13.8 Å². The molecule has 12 heteroatoms. The molecule has 0 saturated carbocycles. The Morgan fingerprint density at radius 3 is 1.78 bits per heavy atom. The minimum atomic E-state index is -0.599. The molecule has 0 atom stereocenters. The van der Waals surface area contributed by atoms with Gasteiger partial charge in [0.2, 0.25) is 0 Å². The van der Waals surface area contributed by atoms with Gasteiger partial charge in [-0.1, -0.05) is 70.1 Å². The molecule has 4 rings (SSSR count). The smallest absolute Gasteiger partial charge is 0.413 e. The fourth-order valence-electron chi connectivity index (χ4n) is 3.54. The van der Waals surface area contributed by atoms with E-state index >= 15 is 0 Å². The zero-order chi connectivity index (χ0) is 30.3. The average Bonchev–Trinajstić information content (AvgIpc) is 3.52. The third-order valence-electron chi connectivity index (χ3n) is 5.57. The van der Waals surface area contributed by atoms with Crippen LogP contribution in [0.3, 0.4) is 0 Å². The summed E-state index contributed by atoms with van der Waals surface area (Å²) >= 11 is 14.5. The largest absolute Gasteiger partial charge is 0.444 e. The van der Waals surface area contributed by atoms with Crippen LogP contribution in [0.15, 0.2) is 48.8 Å². The summed E-state index contributed by atoms with van der Waals surface area (Å²) < 4.78 is 5.15. The second-order valence-corrected chi connectivity index (χ2v) is 12.9. The lowest BCUT2D eigenvalue weighted by atomic mass is 10.0. The maximum absolute atomic E-state index is 12.4. The van der Waals surface area contributed by atoms with Crippen LogP contribution < -0.4 is 11.1 Å². The molecule has 1 amide bonds. The number of carbonyl (C=O) groups excluding carboxylic acids is 3. The van der Waals surface area contributed by atoms with E-state index in [0.717, 1.165) is 33.6 Å². The monoisotopic (exact) mass is 632 g/mol. The first kappa shape index (κ1) is 32.2. The zero-order valence-corrected chi connectivity index (χ0v) is 26.4. The number of hydrogen-bond acceptors (Lipinski definition) is 9. The van der Waals surface area contributed by atoms with Crippen molar-refractivity contribution >= 4 is 73.8 Å². The molecule has 0 bridgehead atoms. The average molecular weight is 634 g/mol. The van der Waals surface area contributed by atoms with E-state index in [1.807, 2.05) is 38.1 Å². The molecule has 3 N–H and O–H groups in total. The number of carbonyl (C=O) groups is 3. The van der Waals surface area contributed by atoms with E-state index < -0.39 is 11.7 Å². The van der Waals surface area contributed by atoms with Crippen LogP contribution in [-0.4, -0.2) is 33.2 Å². The number of thiazole rings is 2. The summed E-state index contributed by atoms with van der Waals surface area (Å²) in [5.41, 5.74) is 8.56. The number of ether oxygens (including phenoxy) is 1. The van der Waals surface area contributed by atoms with Crippen LogP contribution in [-0.2, 0) is 17.6 Å². The van der Waals surface area contributed by atoms with Crippen molar-refractivity contribution in [3.63, 3.8) is 0 Å². The molecule has 0 radical (unpaired) electrons. The number of hydrogen-bond donors (Lipinski definition) is 2. The first-order chi connectivity index (χ1) is 19.2. The maximum atomic E-state index is 12.4. The van der Waals surface area contributed by atoms with Crippen molar-refractivity contribution in [1.82, 2.24) is 9.97 Å². The van der Waals surface area contributed by atoms with Gasteiger partial charge in [0.05, 0.1) is 22.1 Å².